The Kier molecular flexibility index (Phi) is 2.35. The fourth-order valence-corrected chi connectivity index (χ4v) is 2.44. The van der Waals surface area contributed by atoms with Crippen molar-refractivity contribution in [3.8, 4) is 0 Å². The maximum Gasteiger partial charge on any atom is 0.132 e. The highest BCUT2D eigenvalue weighted by Gasteiger charge is 2.56. The minimum atomic E-state index is -0.595. The molecule has 0 bridgehead atoms. The average molecular weight is 225 g/mol. The van der Waals surface area contributed by atoms with Gasteiger partial charge in [0.1, 0.15) is 11.6 Å². The van der Waals surface area contributed by atoms with Crippen LogP contribution in [0.2, 0.25) is 0 Å². The topological polar surface area (TPSA) is 26.0 Å². The van der Waals surface area contributed by atoms with Crippen molar-refractivity contribution in [3.63, 3.8) is 0 Å². The van der Waals surface area contributed by atoms with Gasteiger partial charge in [0, 0.05) is 16.5 Å². The van der Waals surface area contributed by atoms with Gasteiger partial charge < -0.3 is 5.73 Å². The Labute approximate surface area is 94.7 Å². The van der Waals surface area contributed by atoms with E-state index in [1.807, 2.05) is 13.8 Å². The number of hydrogen-bond donors (Lipinski definition) is 1. The van der Waals surface area contributed by atoms with E-state index < -0.39 is 22.6 Å². The summed E-state index contributed by atoms with van der Waals surface area (Å²) in [7, 11) is 0. The van der Waals surface area contributed by atoms with Crippen molar-refractivity contribution in [2.24, 2.45) is 5.73 Å². The number of benzene rings is 1. The Bertz CT molecular complexity index is 428. The standard InChI is InChI=1S/C13H17F2N/c1-8-4-5-9(14)10(11(8)15)13(6-7-13)12(2,3)16/h4-5H,6-7,16H2,1-3H3. The van der Waals surface area contributed by atoms with Crippen molar-refractivity contribution in [1.29, 1.82) is 0 Å². The minimum absolute atomic E-state index is 0.181. The first-order chi connectivity index (χ1) is 7.29. The summed E-state index contributed by atoms with van der Waals surface area (Å²) >= 11 is 0. The Morgan fingerprint density at radius 3 is 2.25 bits per heavy atom. The molecule has 0 aliphatic heterocycles. The lowest BCUT2D eigenvalue weighted by atomic mass is 9.78. The van der Waals surface area contributed by atoms with Crippen LogP contribution in [0.3, 0.4) is 0 Å². The van der Waals surface area contributed by atoms with Crippen molar-refractivity contribution in [2.75, 3.05) is 0 Å². The van der Waals surface area contributed by atoms with Gasteiger partial charge in [0.15, 0.2) is 0 Å². The van der Waals surface area contributed by atoms with E-state index >= 15 is 0 Å². The van der Waals surface area contributed by atoms with E-state index in [-0.39, 0.29) is 5.56 Å². The SMILES string of the molecule is Cc1ccc(F)c(C2(C(C)(C)N)CC2)c1F. The van der Waals surface area contributed by atoms with Crippen LogP contribution in [-0.4, -0.2) is 5.54 Å². The number of aryl methyl sites for hydroxylation is 1. The Hall–Kier alpha value is -0.960. The Morgan fingerprint density at radius 2 is 1.81 bits per heavy atom. The number of nitrogens with two attached hydrogens (primary N) is 1. The van der Waals surface area contributed by atoms with Crippen molar-refractivity contribution in [1.82, 2.24) is 0 Å². The van der Waals surface area contributed by atoms with Gasteiger partial charge in [0.2, 0.25) is 0 Å². The molecule has 1 nitrogen and oxygen atoms in total. The molecule has 1 aromatic carbocycles. The minimum Gasteiger partial charge on any atom is -0.325 e. The zero-order valence-electron chi connectivity index (χ0n) is 9.90. The summed E-state index contributed by atoms with van der Waals surface area (Å²) in [6, 6.07) is 2.80. The molecule has 0 atom stereocenters. The van der Waals surface area contributed by atoms with E-state index in [0.717, 1.165) is 12.8 Å². The van der Waals surface area contributed by atoms with Crippen LogP contribution >= 0.6 is 0 Å². The molecule has 0 radical (unpaired) electrons. The molecule has 0 spiro atoms. The van der Waals surface area contributed by atoms with Crippen LogP contribution in [0, 0.1) is 18.6 Å². The highest BCUT2D eigenvalue weighted by Crippen LogP contribution is 2.56. The van der Waals surface area contributed by atoms with Crippen LogP contribution in [0.25, 0.3) is 0 Å². The average Bonchev–Trinajstić information content (AvgIpc) is 2.92. The largest absolute Gasteiger partial charge is 0.325 e. The molecule has 1 aliphatic carbocycles. The third kappa shape index (κ3) is 1.46. The van der Waals surface area contributed by atoms with E-state index in [1.54, 1.807) is 6.92 Å². The van der Waals surface area contributed by atoms with E-state index in [2.05, 4.69) is 0 Å². The van der Waals surface area contributed by atoms with Gasteiger partial charge in [-0.25, -0.2) is 8.78 Å². The summed E-state index contributed by atoms with van der Waals surface area (Å²) in [6.07, 6.45) is 1.52. The predicted molar refractivity (Wildman–Crippen MR) is 60.3 cm³/mol. The van der Waals surface area contributed by atoms with E-state index in [9.17, 15) is 8.78 Å². The molecule has 0 aromatic heterocycles. The van der Waals surface area contributed by atoms with Crippen molar-refractivity contribution < 1.29 is 8.78 Å². The normalized spacial score (nSPS) is 18.6. The highest BCUT2D eigenvalue weighted by atomic mass is 19.1. The van der Waals surface area contributed by atoms with Crippen LogP contribution in [-0.2, 0) is 5.41 Å². The highest BCUT2D eigenvalue weighted by molar-refractivity contribution is 5.40. The van der Waals surface area contributed by atoms with Gasteiger partial charge in [-0.15, -0.1) is 0 Å². The molecule has 88 valence electrons. The first-order valence-corrected chi connectivity index (χ1v) is 5.53. The van der Waals surface area contributed by atoms with Crippen LogP contribution in [0.4, 0.5) is 8.78 Å². The van der Waals surface area contributed by atoms with Gasteiger partial charge in [0.05, 0.1) is 0 Å². The van der Waals surface area contributed by atoms with Crippen LogP contribution in [0.5, 0.6) is 0 Å². The Balaban J connectivity index is 2.62. The first kappa shape index (κ1) is 11.5. The molecule has 0 saturated heterocycles. The van der Waals surface area contributed by atoms with Crippen molar-refractivity contribution in [2.45, 2.75) is 44.6 Å². The molecular formula is C13H17F2N. The number of hydrogen-bond acceptors (Lipinski definition) is 1. The summed E-state index contributed by atoms with van der Waals surface area (Å²) in [6.45, 7) is 5.32. The van der Waals surface area contributed by atoms with Gasteiger partial charge >= 0.3 is 0 Å². The maximum absolute atomic E-state index is 14.0. The molecule has 1 aromatic rings. The lowest BCUT2D eigenvalue weighted by molar-refractivity contribution is 0.363. The molecule has 16 heavy (non-hydrogen) atoms. The first-order valence-electron chi connectivity index (χ1n) is 5.53. The number of rotatable bonds is 2. The van der Waals surface area contributed by atoms with E-state index in [0.29, 0.717) is 5.56 Å². The second-order valence-corrected chi connectivity index (χ2v) is 5.36. The molecule has 2 N–H and O–H groups in total. The third-order valence-corrected chi connectivity index (χ3v) is 3.75. The van der Waals surface area contributed by atoms with Crippen LogP contribution in [0.15, 0.2) is 12.1 Å². The van der Waals surface area contributed by atoms with Crippen molar-refractivity contribution >= 4 is 0 Å². The van der Waals surface area contributed by atoms with Crippen LogP contribution < -0.4 is 5.73 Å². The molecule has 2 rings (SSSR count). The molecule has 1 saturated carbocycles. The summed E-state index contributed by atoms with van der Waals surface area (Å²) in [5.41, 5.74) is 5.61. The zero-order valence-corrected chi connectivity index (χ0v) is 9.90. The zero-order chi connectivity index (χ0) is 12.1. The molecule has 0 unspecified atom stereocenters. The quantitative estimate of drug-likeness (QED) is 0.822. The number of halogens is 2. The van der Waals surface area contributed by atoms with E-state index in [4.69, 9.17) is 5.73 Å². The second kappa shape index (κ2) is 3.27. The smallest absolute Gasteiger partial charge is 0.132 e. The Morgan fingerprint density at radius 1 is 1.25 bits per heavy atom. The van der Waals surface area contributed by atoms with Gasteiger partial charge in [-0.1, -0.05) is 6.07 Å². The molecular weight excluding hydrogens is 208 g/mol. The summed E-state index contributed by atoms with van der Waals surface area (Å²) < 4.78 is 27.8. The molecule has 1 aliphatic rings. The molecule has 3 heteroatoms. The molecule has 0 heterocycles. The van der Waals surface area contributed by atoms with E-state index in [1.165, 1.54) is 12.1 Å². The fraction of sp³-hybridized carbons (Fsp3) is 0.538. The molecule has 1 fully saturated rings. The third-order valence-electron chi connectivity index (χ3n) is 3.75. The van der Waals surface area contributed by atoms with Crippen molar-refractivity contribution in [3.05, 3.63) is 34.9 Å². The predicted octanol–water partition coefficient (Wildman–Crippen LogP) is 3.04. The second-order valence-electron chi connectivity index (χ2n) is 5.36. The summed E-state index contributed by atoms with van der Waals surface area (Å²) in [4.78, 5) is 0. The lowest BCUT2D eigenvalue weighted by Crippen LogP contribution is -2.46. The lowest BCUT2D eigenvalue weighted by Gasteiger charge is -2.32. The maximum atomic E-state index is 14.0. The van der Waals surface area contributed by atoms with Gasteiger partial charge in [-0.2, -0.15) is 0 Å². The summed E-state index contributed by atoms with van der Waals surface area (Å²) in [5.74, 6) is -0.907. The molecule has 0 amide bonds. The summed E-state index contributed by atoms with van der Waals surface area (Å²) in [5, 5.41) is 0. The van der Waals surface area contributed by atoms with Gasteiger partial charge in [-0.05, 0) is 45.2 Å². The fourth-order valence-electron chi connectivity index (χ4n) is 2.44. The van der Waals surface area contributed by atoms with Gasteiger partial charge in [0.25, 0.3) is 0 Å². The van der Waals surface area contributed by atoms with Gasteiger partial charge in [-0.3, -0.25) is 0 Å². The van der Waals surface area contributed by atoms with Crippen LogP contribution in [0.1, 0.15) is 37.8 Å². The monoisotopic (exact) mass is 225 g/mol.